The highest BCUT2D eigenvalue weighted by Gasteiger charge is 2.70. The molecule has 0 unspecified atom stereocenters. The summed E-state index contributed by atoms with van der Waals surface area (Å²) in [7, 11) is 2.08. The lowest BCUT2D eigenvalue weighted by molar-refractivity contribution is -0.151. The molecule has 4 nitrogen and oxygen atoms in total. The van der Waals surface area contributed by atoms with Gasteiger partial charge in [0.1, 0.15) is 23.6 Å². The summed E-state index contributed by atoms with van der Waals surface area (Å²) in [4.78, 5) is 2.25. The average Bonchev–Trinajstić information content (AvgIpc) is 2.81. The minimum Gasteiger partial charge on any atom is -0.486 e. The predicted octanol–water partition coefficient (Wildman–Crippen LogP) is 0.607. The summed E-state index contributed by atoms with van der Waals surface area (Å²) in [5, 5.41) is 22.0. The summed E-state index contributed by atoms with van der Waals surface area (Å²) in [5.41, 5.74) is 0.954. The third kappa shape index (κ3) is 1.13. The van der Waals surface area contributed by atoms with Crippen molar-refractivity contribution >= 4 is 0 Å². The second-order valence-corrected chi connectivity index (χ2v) is 6.93. The lowest BCUT2D eigenvalue weighted by atomic mass is 9.50. The quantitative estimate of drug-likeness (QED) is 0.686. The van der Waals surface area contributed by atoms with Crippen molar-refractivity contribution in [3.05, 3.63) is 41.5 Å². The van der Waals surface area contributed by atoms with E-state index >= 15 is 0 Å². The van der Waals surface area contributed by atoms with E-state index in [1.165, 1.54) is 5.56 Å². The monoisotopic (exact) mass is 285 g/mol. The van der Waals surface area contributed by atoms with Gasteiger partial charge in [-0.05, 0) is 38.1 Å². The first-order valence-corrected chi connectivity index (χ1v) is 7.67. The molecule has 2 aliphatic carbocycles. The van der Waals surface area contributed by atoms with Crippen LogP contribution in [0.2, 0.25) is 0 Å². The van der Waals surface area contributed by atoms with Gasteiger partial charge in [-0.1, -0.05) is 24.3 Å². The fraction of sp³-hybridized carbons (Fsp3) is 0.529. The second-order valence-electron chi connectivity index (χ2n) is 6.93. The molecule has 5 rings (SSSR count). The maximum Gasteiger partial charge on any atom is 0.141 e. The Hall–Kier alpha value is -1.36. The molecule has 0 amide bonds. The summed E-state index contributed by atoms with van der Waals surface area (Å²) in [6.45, 7) is 0.918. The van der Waals surface area contributed by atoms with Gasteiger partial charge in [-0.25, -0.2) is 0 Å². The van der Waals surface area contributed by atoms with Crippen molar-refractivity contribution in [2.24, 2.45) is 0 Å². The number of piperidine rings is 1. The van der Waals surface area contributed by atoms with Gasteiger partial charge in [-0.15, -0.1) is 0 Å². The molecule has 0 saturated carbocycles. The van der Waals surface area contributed by atoms with Crippen LogP contribution in [0.3, 0.4) is 0 Å². The Morgan fingerprint density at radius 3 is 3.10 bits per heavy atom. The van der Waals surface area contributed by atoms with Crippen LogP contribution in [0.4, 0.5) is 0 Å². The number of rotatable bonds is 0. The van der Waals surface area contributed by atoms with Gasteiger partial charge in [0.25, 0.3) is 0 Å². The van der Waals surface area contributed by atoms with Crippen molar-refractivity contribution in [1.82, 2.24) is 4.90 Å². The van der Waals surface area contributed by atoms with Crippen molar-refractivity contribution in [2.45, 2.75) is 42.1 Å². The van der Waals surface area contributed by atoms with E-state index in [1.54, 1.807) is 6.08 Å². The van der Waals surface area contributed by atoms with Crippen molar-refractivity contribution in [1.29, 1.82) is 0 Å². The molecule has 2 aliphatic heterocycles. The smallest absolute Gasteiger partial charge is 0.141 e. The molecule has 21 heavy (non-hydrogen) atoms. The minimum absolute atomic E-state index is 0.0435. The van der Waals surface area contributed by atoms with Crippen LogP contribution >= 0.6 is 0 Å². The molecule has 4 aliphatic rings. The average molecular weight is 285 g/mol. The zero-order chi connectivity index (χ0) is 14.4. The van der Waals surface area contributed by atoms with E-state index in [4.69, 9.17) is 4.74 Å². The molecule has 110 valence electrons. The number of hydrogen-bond donors (Lipinski definition) is 2. The van der Waals surface area contributed by atoms with E-state index in [1.807, 2.05) is 18.2 Å². The first-order chi connectivity index (χ1) is 10.1. The number of likely N-dealkylation sites (N-methyl/N-ethyl adjacent to an activating group) is 1. The SMILES string of the molecule is CN1CC[C@]23c4c5cccc4O[C@H]2[C@@H](O)C=C[C@@]3(O)[C@H]1C5. The molecule has 0 radical (unpaired) electrons. The summed E-state index contributed by atoms with van der Waals surface area (Å²) < 4.78 is 6.11. The van der Waals surface area contributed by atoms with E-state index in [2.05, 4.69) is 18.0 Å². The summed E-state index contributed by atoms with van der Waals surface area (Å²) in [6, 6.07) is 6.17. The Balaban J connectivity index is 1.88. The van der Waals surface area contributed by atoms with Gasteiger partial charge >= 0.3 is 0 Å². The van der Waals surface area contributed by atoms with E-state index in [0.717, 1.165) is 30.7 Å². The van der Waals surface area contributed by atoms with Crippen molar-refractivity contribution in [2.75, 3.05) is 13.6 Å². The number of aliphatic hydroxyl groups excluding tert-OH is 1. The lowest BCUT2D eigenvalue weighted by Gasteiger charge is -2.61. The van der Waals surface area contributed by atoms with Gasteiger partial charge in [0.2, 0.25) is 0 Å². The highest BCUT2D eigenvalue weighted by Crippen LogP contribution is 2.62. The van der Waals surface area contributed by atoms with Gasteiger partial charge < -0.3 is 14.9 Å². The lowest BCUT2D eigenvalue weighted by Crippen LogP contribution is -2.75. The molecule has 5 atom stereocenters. The topological polar surface area (TPSA) is 52.9 Å². The van der Waals surface area contributed by atoms with E-state index in [-0.39, 0.29) is 12.1 Å². The van der Waals surface area contributed by atoms with Crippen LogP contribution in [0.25, 0.3) is 0 Å². The molecular formula is C17H19NO3. The molecule has 2 N–H and O–H groups in total. The van der Waals surface area contributed by atoms with Gasteiger partial charge in [0, 0.05) is 11.6 Å². The highest BCUT2D eigenvalue weighted by molar-refractivity contribution is 5.59. The Kier molecular flexibility index (Phi) is 2.04. The summed E-state index contributed by atoms with van der Waals surface area (Å²) in [6.07, 6.45) is 4.16. The molecule has 1 aromatic rings. The number of aliphatic hydroxyl groups is 2. The Morgan fingerprint density at radius 2 is 2.24 bits per heavy atom. The molecule has 1 aromatic carbocycles. The minimum atomic E-state index is -0.955. The largest absolute Gasteiger partial charge is 0.486 e. The number of nitrogens with zero attached hydrogens (tertiary/aromatic N) is 1. The number of hydrogen-bond acceptors (Lipinski definition) is 4. The maximum absolute atomic E-state index is 11.6. The predicted molar refractivity (Wildman–Crippen MR) is 77.4 cm³/mol. The summed E-state index contributed by atoms with van der Waals surface area (Å²) >= 11 is 0. The molecule has 0 aromatic heterocycles. The Bertz CT molecular complexity index is 672. The van der Waals surface area contributed by atoms with Crippen molar-refractivity contribution < 1.29 is 14.9 Å². The van der Waals surface area contributed by atoms with Gasteiger partial charge in [0.15, 0.2) is 0 Å². The first-order valence-electron chi connectivity index (χ1n) is 7.67. The normalized spacial score (nSPS) is 46.1. The van der Waals surface area contributed by atoms with Crippen LogP contribution in [0.15, 0.2) is 30.4 Å². The fourth-order valence-corrected chi connectivity index (χ4v) is 5.26. The number of ether oxygens (including phenoxy) is 1. The van der Waals surface area contributed by atoms with Crippen LogP contribution in [-0.2, 0) is 11.8 Å². The van der Waals surface area contributed by atoms with Crippen molar-refractivity contribution in [3.8, 4) is 5.75 Å². The van der Waals surface area contributed by atoms with Crippen LogP contribution in [0.5, 0.6) is 5.75 Å². The standard InChI is InChI=1S/C17H19NO3/c1-18-8-7-16-14-10-3-2-4-12(14)21-15(16)11(19)5-6-17(16,20)13(18)9-10/h2-6,11,13,15,19-20H,7-9H2,1H3/t11-,13+,15-,16-,17+/m0/s1. The molecule has 4 heteroatoms. The summed E-state index contributed by atoms with van der Waals surface area (Å²) in [5.74, 6) is 0.849. The Morgan fingerprint density at radius 1 is 1.38 bits per heavy atom. The molecule has 1 saturated heterocycles. The zero-order valence-corrected chi connectivity index (χ0v) is 12.0. The third-order valence-electron chi connectivity index (χ3n) is 6.18. The molecule has 1 spiro atoms. The van der Waals surface area contributed by atoms with E-state index in [0.29, 0.717) is 0 Å². The number of benzene rings is 1. The van der Waals surface area contributed by atoms with Crippen LogP contribution < -0.4 is 4.74 Å². The van der Waals surface area contributed by atoms with Gasteiger partial charge in [-0.3, -0.25) is 4.90 Å². The van der Waals surface area contributed by atoms with Crippen LogP contribution in [0, 0.1) is 0 Å². The Labute approximate surface area is 123 Å². The van der Waals surface area contributed by atoms with Crippen LogP contribution in [-0.4, -0.2) is 52.6 Å². The first kappa shape index (κ1) is 12.2. The molecular weight excluding hydrogens is 266 g/mol. The van der Waals surface area contributed by atoms with Gasteiger partial charge in [0.05, 0.1) is 5.41 Å². The fourth-order valence-electron chi connectivity index (χ4n) is 5.26. The number of likely N-dealkylation sites (tertiary alicyclic amines) is 1. The third-order valence-corrected chi connectivity index (χ3v) is 6.18. The molecule has 2 bridgehead atoms. The van der Waals surface area contributed by atoms with E-state index in [9.17, 15) is 10.2 Å². The van der Waals surface area contributed by atoms with Gasteiger partial charge in [-0.2, -0.15) is 0 Å². The molecule has 1 fully saturated rings. The highest BCUT2D eigenvalue weighted by atomic mass is 16.5. The second kappa shape index (κ2) is 3.51. The zero-order valence-electron chi connectivity index (χ0n) is 12.0. The van der Waals surface area contributed by atoms with E-state index < -0.39 is 17.1 Å². The maximum atomic E-state index is 11.6. The molecule has 2 heterocycles. The van der Waals surface area contributed by atoms with Crippen LogP contribution in [0.1, 0.15) is 17.5 Å². The van der Waals surface area contributed by atoms with Crippen molar-refractivity contribution in [3.63, 3.8) is 0 Å².